The first-order valence-corrected chi connectivity index (χ1v) is 7.89. The molecule has 0 aliphatic carbocycles. The second kappa shape index (κ2) is 5.26. The average Bonchev–Trinajstić information content (AvgIpc) is 2.81. The van der Waals surface area contributed by atoms with Gasteiger partial charge in [-0.3, -0.25) is 9.19 Å². The van der Waals surface area contributed by atoms with Crippen molar-refractivity contribution >= 4 is 38.0 Å². The highest BCUT2D eigenvalue weighted by Gasteiger charge is 2.12. The summed E-state index contributed by atoms with van der Waals surface area (Å²) in [7, 11) is -1.32. The van der Waals surface area contributed by atoms with E-state index in [1.807, 2.05) is 0 Å². The molecule has 4 nitrogen and oxygen atoms in total. The zero-order valence-electron chi connectivity index (χ0n) is 10.2. The zero-order chi connectivity index (χ0) is 14.1. The maximum Gasteiger partial charge on any atom is 0.182 e. The predicted molar refractivity (Wildman–Crippen MR) is 78.3 cm³/mol. The van der Waals surface area contributed by atoms with Crippen molar-refractivity contribution in [1.29, 1.82) is 0 Å². The predicted octanol–water partition coefficient (Wildman–Crippen LogP) is 2.72. The molecule has 0 radical (unpaired) electrons. The number of benzene rings is 1. The number of aromatic nitrogens is 2. The van der Waals surface area contributed by atoms with Crippen LogP contribution >= 0.6 is 11.3 Å². The van der Waals surface area contributed by atoms with Crippen LogP contribution in [0, 0.1) is 5.82 Å². The van der Waals surface area contributed by atoms with E-state index in [1.165, 1.54) is 23.6 Å². The number of rotatable bonds is 3. The minimum Gasteiger partial charge on any atom is -0.399 e. The molecule has 102 valence electrons. The van der Waals surface area contributed by atoms with Gasteiger partial charge in [-0.05, 0) is 29.8 Å². The molecule has 3 aromatic rings. The van der Waals surface area contributed by atoms with Crippen molar-refractivity contribution in [3.05, 3.63) is 48.0 Å². The summed E-state index contributed by atoms with van der Waals surface area (Å²) in [5.74, 6) is -0.239. The van der Waals surface area contributed by atoms with Crippen LogP contribution in [0.1, 0.15) is 5.56 Å². The number of fused-ring (bicyclic) bond motifs is 1. The molecule has 1 aromatic carbocycles. The zero-order valence-corrected chi connectivity index (χ0v) is 11.9. The third-order valence-electron chi connectivity index (χ3n) is 2.65. The van der Waals surface area contributed by atoms with Crippen molar-refractivity contribution < 1.29 is 8.60 Å². The molecule has 7 heteroatoms. The van der Waals surface area contributed by atoms with Crippen LogP contribution in [-0.4, -0.2) is 14.2 Å². The number of pyridine rings is 1. The van der Waals surface area contributed by atoms with Crippen molar-refractivity contribution in [3.8, 4) is 0 Å². The molecule has 2 aromatic heterocycles. The fraction of sp³-hybridized carbons (Fsp3) is 0.0769. The average molecular weight is 307 g/mol. The van der Waals surface area contributed by atoms with Gasteiger partial charge in [0.25, 0.3) is 0 Å². The maximum absolute atomic E-state index is 13.0. The van der Waals surface area contributed by atoms with Gasteiger partial charge in [-0.15, -0.1) is 11.3 Å². The molecular formula is C13H10FN3OS2. The molecule has 0 amide bonds. The van der Waals surface area contributed by atoms with Crippen LogP contribution < -0.4 is 5.73 Å². The first-order valence-electron chi connectivity index (χ1n) is 5.76. The summed E-state index contributed by atoms with van der Waals surface area (Å²) >= 11 is 1.34. The third-order valence-corrected chi connectivity index (χ3v) is 5.34. The van der Waals surface area contributed by atoms with E-state index >= 15 is 0 Å². The van der Waals surface area contributed by atoms with Gasteiger partial charge in [0.15, 0.2) is 4.34 Å². The molecule has 0 spiro atoms. The molecule has 0 fully saturated rings. The summed E-state index contributed by atoms with van der Waals surface area (Å²) in [6.07, 6.45) is 2.62. The lowest BCUT2D eigenvalue weighted by Gasteiger charge is -1.98. The molecular weight excluding hydrogens is 297 g/mol. The standard InChI is InChI=1S/C13H10FN3OS2/c14-9-3-8(5-16-6-9)7-20(18)13-17-11-2-1-10(15)4-12(11)19-13/h1-6H,7,15H2. The number of halogens is 1. The van der Waals surface area contributed by atoms with E-state index in [0.29, 0.717) is 15.6 Å². The smallest absolute Gasteiger partial charge is 0.182 e. The van der Waals surface area contributed by atoms with E-state index in [0.717, 1.165) is 16.4 Å². The van der Waals surface area contributed by atoms with Crippen molar-refractivity contribution in [2.45, 2.75) is 10.1 Å². The van der Waals surface area contributed by atoms with E-state index in [1.54, 1.807) is 18.2 Å². The Hall–Kier alpha value is -1.86. The second-order valence-electron chi connectivity index (χ2n) is 4.21. The van der Waals surface area contributed by atoms with Crippen molar-refractivity contribution in [1.82, 2.24) is 9.97 Å². The number of hydrogen-bond donors (Lipinski definition) is 1. The van der Waals surface area contributed by atoms with Gasteiger partial charge in [-0.2, -0.15) is 0 Å². The first kappa shape index (κ1) is 13.1. The monoisotopic (exact) mass is 307 g/mol. The number of nitrogens with zero attached hydrogens (tertiary/aromatic N) is 2. The molecule has 0 saturated carbocycles. The van der Waals surface area contributed by atoms with Gasteiger partial charge in [0.05, 0.1) is 33.0 Å². The number of hydrogen-bond acceptors (Lipinski definition) is 5. The Labute approximate surface area is 120 Å². The summed E-state index contributed by atoms with van der Waals surface area (Å²) in [6, 6.07) is 6.69. The van der Waals surface area contributed by atoms with Crippen molar-refractivity contribution in [2.75, 3.05) is 5.73 Å². The molecule has 2 heterocycles. The van der Waals surface area contributed by atoms with E-state index in [-0.39, 0.29) is 5.75 Å². The van der Waals surface area contributed by atoms with E-state index in [9.17, 15) is 8.60 Å². The maximum atomic E-state index is 13.0. The Balaban J connectivity index is 1.88. The fourth-order valence-electron chi connectivity index (χ4n) is 1.77. The van der Waals surface area contributed by atoms with Gasteiger partial charge in [0.1, 0.15) is 5.82 Å². The largest absolute Gasteiger partial charge is 0.399 e. The highest BCUT2D eigenvalue weighted by molar-refractivity contribution is 7.86. The van der Waals surface area contributed by atoms with E-state index < -0.39 is 16.6 Å². The molecule has 1 atom stereocenters. The summed E-state index contributed by atoms with van der Waals surface area (Å²) in [4.78, 5) is 8.06. The Kier molecular flexibility index (Phi) is 3.45. The number of nitrogen functional groups attached to an aromatic ring is 1. The van der Waals surface area contributed by atoms with Crippen LogP contribution in [0.25, 0.3) is 10.2 Å². The van der Waals surface area contributed by atoms with Gasteiger partial charge >= 0.3 is 0 Å². The summed E-state index contributed by atoms with van der Waals surface area (Å²) in [5, 5.41) is 0. The summed E-state index contributed by atoms with van der Waals surface area (Å²) in [5.41, 5.74) is 7.70. The van der Waals surface area contributed by atoms with Gasteiger partial charge < -0.3 is 5.73 Å². The van der Waals surface area contributed by atoms with Gasteiger partial charge in [0, 0.05) is 11.9 Å². The number of thiazole rings is 1. The van der Waals surface area contributed by atoms with Crippen molar-refractivity contribution in [2.24, 2.45) is 0 Å². The van der Waals surface area contributed by atoms with Crippen LogP contribution in [0.3, 0.4) is 0 Å². The highest BCUT2D eigenvalue weighted by Crippen LogP contribution is 2.27. The van der Waals surface area contributed by atoms with Crippen LogP contribution in [0.4, 0.5) is 10.1 Å². The molecule has 1 unspecified atom stereocenters. The van der Waals surface area contributed by atoms with Crippen LogP contribution in [0.2, 0.25) is 0 Å². The molecule has 0 bridgehead atoms. The molecule has 0 aliphatic heterocycles. The topological polar surface area (TPSA) is 68.9 Å². The minimum atomic E-state index is -1.32. The minimum absolute atomic E-state index is 0.195. The lowest BCUT2D eigenvalue weighted by molar-refractivity contribution is 0.619. The summed E-state index contributed by atoms with van der Waals surface area (Å²) in [6.45, 7) is 0. The third kappa shape index (κ3) is 2.68. The lowest BCUT2D eigenvalue weighted by atomic mass is 10.3. The molecule has 20 heavy (non-hydrogen) atoms. The molecule has 3 rings (SSSR count). The lowest BCUT2D eigenvalue weighted by Crippen LogP contribution is -1.97. The fourth-order valence-corrected chi connectivity index (χ4v) is 4.11. The van der Waals surface area contributed by atoms with Crippen LogP contribution in [0.15, 0.2) is 41.0 Å². The van der Waals surface area contributed by atoms with E-state index in [4.69, 9.17) is 5.73 Å². The van der Waals surface area contributed by atoms with Crippen LogP contribution in [-0.2, 0) is 16.6 Å². The van der Waals surface area contributed by atoms with Gasteiger partial charge in [-0.1, -0.05) is 0 Å². The Morgan fingerprint density at radius 3 is 2.95 bits per heavy atom. The van der Waals surface area contributed by atoms with E-state index in [2.05, 4.69) is 9.97 Å². The Morgan fingerprint density at radius 2 is 2.15 bits per heavy atom. The second-order valence-corrected chi connectivity index (χ2v) is 6.86. The first-order chi connectivity index (χ1) is 9.61. The van der Waals surface area contributed by atoms with Gasteiger partial charge in [-0.25, -0.2) is 9.37 Å². The Morgan fingerprint density at radius 1 is 1.30 bits per heavy atom. The SMILES string of the molecule is Nc1ccc2nc(S(=O)Cc3cncc(F)c3)sc2c1. The van der Waals surface area contributed by atoms with Crippen molar-refractivity contribution in [3.63, 3.8) is 0 Å². The molecule has 2 N–H and O–H groups in total. The quantitative estimate of drug-likeness (QED) is 0.755. The normalized spacial score (nSPS) is 12.7. The van der Waals surface area contributed by atoms with Gasteiger partial charge in [0.2, 0.25) is 0 Å². The molecule has 0 aliphatic rings. The summed E-state index contributed by atoms with van der Waals surface area (Å²) < 4.78 is 26.7. The van der Waals surface area contributed by atoms with Crippen LogP contribution in [0.5, 0.6) is 0 Å². The number of nitrogens with two attached hydrogens (primary N) is 1. The molecule has 0 saturated heterocycles. The Bertz CT molecular complexity index is 803. The highest BCUT2D eigenvalue weighted by atomic mass is 32.2. The number of anilines is 1.